The normalized spacial score (nSPS) is 12.8. The molecule has 1 atom stereocenters. The quantitative estimate of drug-likeness (QED) is 0.843. The van der Waals surface area contributed by atoms with Crippen molar-refractivity contribution in [3.05, 3.63) is 45.5 Å². The van der Waals surface area contributed by atoms with E-state index in [9.17, 15) is 0 Å². The van der Waals surface area contributed by atoms with Crippen molar-refractivity contribution < 1.29 is 4.42 Å². The maximum atomic E-state index is 5.66. The number of thiophene rings is 1. The second-order valence-corrected chi connectivity index (χ2v) is 5.49. The van der Waals surface area contributed by atoms with Crippen molar-refractivity contribution in [2.45, 2.75) is 39.7 Å². The molecule has 0 aliphatic heterocycles. The topological polar surface area (TPSA) is 25.2 Å². The summed E-state index contributed by atoms with van der Waals surface area (Å²) in [5.74, 6) is 2.03. The van der Waals surface area contributed by atoms with Crippen LogP contribution < -0.4 is 5.32 Å². The molecule has 2 aromatic heterocycles. The van der Waals surface area contributed by atoms with Gasteiger partial charge in [0.05, 0.1) is 0 Å². The van der Waals surface area contributed by atoms with Gasteiger partial charge in [0.25, 0.3) is 0 Å². The summed E-state index contributed by atoms with van der Waals surface area (Å²) in [6.45, 7) is 7.30. The Morgan fingerprint density at radius 1 is 1.39 bits per heavy atom. The molecule has 0 fully saturated rings. The Morgan fingerprint density at radius 3 is 2.78 bits per heavy atom. The van der Waals surface area contributed by atoms with Crippen molar-refractivity contribution in [2.24, 2.45) is 0 Å². The minimum absolute atomic E-state index is 0.358. The lowest BCUT2D eigenvalue weighted by Crippen LogP contribution is -2.24. The fourth-order valence-corrected chi connectivity index (χ4v) is 2.93. The second kappa shape index (κ2) is 6.21. The zero-order chi connectivity index (χ0) is 13.0. The molecule has 18 heavy (non-hydrogen) atoms. The molecular formula is C15H21NOS. The summed E-state index contributed by atoms with van der Waals surface area (Å²) in [4.78, 5) is 0. The first-order chi connectivity index (χ1) is 8.70. The molecule has 2 heterocycles. The largest absolute Gasteiger partial charge is 0.466 e. The molecule has 98 valence electrons. The van der Waals surface area contributed by atoms with Crippen LogP contribution in [-0.4, -0.2) is 6.54 Å². The summed E-state index contributed by atoms with van der Waals surface area (Å²) in [6, 6.07) is 4.72. The Hall–Kier alpha value is -1.06. The fraction of sp³-hybridized carbons (Fsp3) is 0.467. The number of hydrogen-bond donors (Lipinski definition) is 1. The molecule has 0 saturated heterocycles. The Balaban J connectivity index is 2.16. The highest BCUT2D eigenvalue weighted by Gasteiger charge is 2.17. The van der Waals surface area contributed by atoms with E-state index in [1.165, 1.54) is 11.1 Å². The van der Waals surface area contributed by atoms with E-state index in [4.69, 9.17) is 4.42 Å². The summed E-state index contributed by atoms with van der Waals surface area (Å²) < 4.78 is 5.66. The SMILES string of the molecule is CCCNC(Cc1ccsc1)c1cc(C)oc1C. The van der Waals surface area contributed by atoms with Crippen LogP contribution in [0.1, 0.15) is 42.0 Å². The molecule has 0 bridgehead atoms. The van der Waals surface area contributed by atoms with Crippen molar-refractivity contribution in [2.75, 3.05) is 6.54 Å². The molecule has 0 amide bonds. The third-order valence-corrected chi connectivity index (χ3v) is 3.85. The predicted octanol–water partition coefficient (Wildman–Crippen LogP) is 4.24. The van der Waals surface area contributed by atoms with E-state index < -0.39 is 0 Å². The first-order valence-electron chi connectivity index (χ1n) is 6.52. The van der Waals surface area contributed by atoms with E-state index in [2.05, 4.69) is 42.1 Å². The monoisotopic (exact) mass is 263 g/mol. The highest BCUT2D eigenvalue weighted by molar-refractivity contribution is 7.07. The number of hydrogen-bond acceptors (Lipinski definition) is 3. The van der Waals surface area contributed by atoms with Crippen LogP contribution in [0, 0.1) is 13.8 Å². The summed E-state index contributed by atoms with van der Waals surface area (Å²) in [5, 5.41) is 7.99. The molecular weight excluding hydrogens is 242 g/mol. The van der Waals surface area contributed by atoms with Gasteiger partial charge in [-0.25, -0.2) is 0 Å². The summed E-state index contributed by atoms with van der Waals surface area (Å²) >= 11 is 1.76. The van der Waals surface area contributed by atoms with Crippen LogP contribution in [-0.2, 0) is 6.42 Å². The number of rotatable bonds is 6. The second-order valence-electron chi connectivity index (χ2n) is 4.71. The highest BCUT2D eigenvalue weighted by Crippen LogP contribution is 2.25. The van der Waals surface area contributed by atoms with Crippen LogP contribution >= 0.6 is 11.3 Å². The molecule has 2 aromatic rings. The van der Waals surface area contributed by atoms with Crippen LogP contribution in [0.2, 0.25) is 0 Å². The zero-order valence-electron chi connectivity index (χ0n) is 11.3. The zero-order valence-corrected chi connectivity index (χ0v) is 12.1. The molecule has 0 spiro atoms. The van der Waals surface area contributed by atoms with Crippen LogP contribution in [0.15, 0.2) is 27.3 Å². The van der Waals surface area contributed by atoms with Gasteiger partial charge in [-0.2, -0.15) is 11.3 Å². The molecule has 0 aromatic carbocycles. The van der Waals surface area contributed by atoms with Crippen molar-refractivity contribution >= 4 is 11.3 Å². The standard InChI is InChI=1S/C15H21NOS/c1-4-6-16-15(9-13-5-7-18-10-13)14-8-11(2)17-12(14)3/h5,7-8,10,15-16H,4,6,9H2,1-3H3. The molecule has 2 nitrogen and oxygen atoms in total. The van der Waals surface area contributed by atoms with Crippen LogP contribution in [0.4, 0.5) is 0 Å². The van der Waals surface area contributed by atoms with Crippen molar-refractivity contribution in [1.82, 2.24) is 5.32 Å². The predicted molar refractivity (Wildman–Crippen MR) is 77.2 cm³/mol. The molecule has 0 radical (unpaired) electrons. The lowest BCUT2D eigenvalue weighted by molar-refractivity contribution is 0.480. The van der Waals surface area contributed by atoms with Gasteiger partial charge in [-0.05, 0) is 61.7 Å². The fourth-order valence-electron chi connectivity index (χ4n) is 2.25. The third kappa shape index (κ3) is 3.24. The van der Waals surface area contributed by atoms with E-state index >= 15 is 0 Å². The molecule has 0 saturated carbocycles. The van der Waals surface area contributed by atoms with Gasteiger partial charge in [0.1, 0.15) is 11.5 Å². The average Bonchev–Trinajstić information content (AvgIpc) is 2.94. The first kappa shape index (κ1) is 13.4. The Morgan fingerprint density at radius 2 is 2.22 bits per heavy atom. The van der Waals surface area contributed by atoms with Gasteiger partial charge in [0.15, 0.2) is 0 Å². The van der Waals surface area contributed by atoms with Gasteiger partial charge in [-0.15, -0.1) is 0 Å². The molecule has 1 unspecified atom stereocenters. The number of furan rings is 1. The maximum absolute atomic E-state index is 5.66. The van der Waals surface area contributed by atoms with Crippen molar-refractivity contribution in [3.63, 3.8) is 0 Å². The smallest absolute Gasteiger partial charge is 0.105 e. The first-order valence-corrected chi connectivity index (χ1v) is 7.46. The Kier molecular flexibility index (Phi) is 4.61. The van der Waals surface area contributed by atoms with E-state index in [1.54, 1.807) is 11.3 Å². The summed E-state index contributed by atoms with van der Waals surface area (Å²) in [5.41, 5.74) is 2.69. The number of aryl methyl sites for hydroxylation is 2. The van der Waals surface area contributed by atoms with Gasteiger partial charge in [-0.1, -0.05) is 6.92 Å². The van der Waals surface area contributed by atoms with E-state index in [0.717, 1.165) is 30.9 Å². The van der Waals surface area contributed by atoms with Gasteiger partial charge in [0, 0.05) is 11.6 Å². The average molecular weight is 263 g/mol. The van der Waals surface area contributed by atoms with Crippen LogP contribution in [0.3, 0.4) is 0 Å². The minimum Gasteiger partial charge on any atom is -0.466 e. The van der Waals surface area contributed by atoms with E-state index in [0.29, 0.717) is 6.04 Å². The van der Waals surface area contributed by atoms with Gasteiger partial charge in [-0.3, -0.25) is 0 Å². The Labute approximate surface area is 113 Å². The summed E-state index contributed by atoms with van der Waals surface area (Å²) in [7, 11) is 0. The van der Waals surface area contributed by atoms with Gasteiger partial charge >= 0.3 is 0 Å². The van der Waals surface area contributed by atoms with Gasteiger partial charge < -0.3 is 9.73 Å². The lowest BCUT2D eigenvalue weighted by atomic mass is 10.0. The third-order valence-electron chi connectivity index (χ3n) is 3.12. The minimum atomic E-state index is 0.358. The van der Waals surface area contributed by atoms with Gasteiger partial charge in [0.2, 0.25) is 0 Å². The molecule has 0 aliphatic carbocycles. The molecule has 0 aliphatic rings. The number of nitrogens with one attached hydrogen (secondary N) is 1. The Bertz CT molecular complexity index is 473. The lowest BCUT2D eigenvalue weighted by Gasteiger charge is -2.17. The van der Waals surface area contributed by atoms with Crippen LogP contribution in [0.25, 0.3) is 0 Å². The molecule has 2 rings (SSSR count). The highest BCUT2D eigenvalue weighted by atomic mass is 32.1. The molecule has 1 N–H and O–H groups in total. The summed E-state index contributed by atoms with van der Waals surface area (Å²) in [6.07, 6.45) is 2.18. The maximum Gasteiger partial charge on any atom is 0.105 e. The van der Waals surface area contributed by atoms with Crippen LogP contribution in [0.5, 0.6) is 0 Å². The molecule has 3 heteroatoms. The van der Waals surface area contributed by atoms with Crippen molar-refractivity contribution in [1.29, 1.82) is 0 Å². The van der Waals surface area contributed by atoms with E-state index in [-0.39, 0.29) is 0 Å². The van der Waals surface area contributed by atoms with E-state index in [1.807, 2.05) is 6.92 Å². The van der Waals surface area contributed by atoms with Crippen molar-refractivity contribution in [3.8, 4) is 0 Å².